The molecule has 0 spiro atoms. The molecule has 1 aromatic carbocycles. The Morgan fingerprint density at radius 2 is 1.90 bits per heavy atom. The van der Waals surface area contributed by atoms with Gasteiger partial charge in [-0.15, -0.1) is 0 Å². The number of nitrogens with two attached hydrogens (primary N) is 1. The molecule has 3 heteroatoms. The van der Waals surface area contributed by atoms with Gasteiger partial charge >= 0.3 is 0 Å². The van der Waals surface area contributed by atoms with Gasteiger partial charge in [0.2, 0.25) is 0 Å². The maximum Gasteiger partial charge on any atom is 0.0485 e. The highest BCUT2D eigenvalue weighted by Crippen LogP contribution is 2.05. The Hall–Kier alpha value is -0.930. The Morgan fingerprint density at radius 1 is 1.30 bits per heavy atom. The van der Waals surface area contributed by atoms with Crippen molar-refractivity contribution in [3.05, 3.63) is 29.8 Å². The minimum Gasteiger partial charge on any atom is -0.324 e. The molecule has 0 heterocycles. The third-order valence-electron chi connectivity index (χ3n) is 1.21. The lowest BCUT2D eigenvalue weighted by Gasteiger charge is -1.97. The number of hydrogen-bond donors (Lipinski definition) is 2. The fraction of sp³-hybridized carbons (Fsp3) is 0. The first-order chi connectivity index (χ1) is 4.86. The molecule has 0 radical (unpaired) electrons. The molecule has 0 bridgehead atoms. The topological polar surface area (TPSA) is 38.0 Å². The SMILES string of the molecule is NNc1ccc(C=S)cc1. The fourth-order valence-electron chi connectivity index (χ4n) is 0.658. The van der Waals surface area contributed by atoms with Gasteiger partial charge in [-0.2, -0.15) is 0 Å². The predicted molar refractivity (Wildman–Crippen MR) is 47.0 cm³/mol. The second-order valence-corrected chi connectivity index (χ2v) is 2.12. The van der Waals surface area contributed by atoms with E-state index in [2.05, 4.69) is 5.43 Å². The minimum absolute atomic E-state index is 0.889. The highest BCUT2D eigenvalue weighted by atomic mass is 32.1. The zero-order valence-corrected chi connectivity index (χ0v) is 6.19. The fourth-order valence-corrected chi connectivity index (χ4v) is 0.815. The molecule has 0 amide bonds. The Bertz CT molecular complexity index is 218. The summed E-state index contributed by atoms with van der Waals surface area (Å²) in [6.45, 7) is 0. The van der Waals surface area contributed by atoms with Crippen LogP contribution in [0.2, 0.25) is 0 Å². The van der Waals surface area contributed by atoms with Gasteiger partial charge in [0.25, 0.3) is 0 Å². The molecule has 0 fully saturated rings. The summed E-state index contributed by atoms with van der Waals surface area (Å²) in [5, 5.41) is 1.63. The number of benzene rings is 1. The van der Waals surface area contributed by atoms with Gasteiger partial charge in [0.05, 0.1) is 0 Å². The van der Waals surface area contributed by atoms with E-state index in [1.54, 1.807) is 5.37 Å². The Balaban J connectivity index is 2.90. The monoisotopic (exact) mass is 152 g/mol. The van der Waals surface area contributed by atoms with Gasteiger partial charge < -0.3 is 5.43 Å². The van der Waals surface area contributed by atoms with E-state index in [9.17, 15) is 0 Å². The van der Waals surface area contributed by atoms with Gasteiger partial charge in [-0.05, 0) is 17.7 Å². The second-order valence-electron chi connectivity index (χ2n) is 1.88. The van der Waals surface area contributed by atoms with Crippen molar-refractivity contribution in [2.75, 3.05) is 5.43 Å². The van der Waals surface area contributed by atoms with Crippen LogP contribution in [0.25, 0.3) is 0 Å². The molecule has 0 aliphatic heterocycles. The van der Waals surface area contributed by atoms with Crippen LogP contribution in [0.15, 0.2) is 24.3 Å². The van der Waals surface area contributed by atoms with Crippen molar-refractivity contribution < 1.29 is 0 Å². The van der Waals surface area contributed by atoms with Gasteiger partial charge in [0.15, 0.2) is 0 Å². The Labute approximate surface area is 65.0 Å². The van der Waals surface area contributed by atoms with Gasteiger partial charge in [-0.25, -0.2) is 0 Å². The van der Waals surface area contributed by atoms with Gasteiger partial charge in [-0.1, -0.05) is 24.4 Å². The summed E-state index contributed by atoms with van der Waals surface area (Å²) in [7, 11) is 0. The molecular weight excluding hydrogens is 144 g/mol. The molecule has 0 aliphatic carbocycles. The normalized spacial score (nSPS) is 8.90. The minimum atomic E-state index is 0.889. The van der Waals surface area contributed by atoms with Crippen molar-refractivity contribution in [2.24, 2.45) is 5.84 Å². The predicted octanol–water partition coefficient (Wildman–Crippen LogP) is 1.32. The van der Waals surface area contributed by atoms with Crippen molar-refractivity contribution in [3.63, 3.8) is 0 Å². The lowest BCUT2D eigenvalue weighted by Crippen LogP contribution is -2.06. The van der Waals surface area contributed by atoms with Gasteiger partial charge in [-0.3, -0.25) is 5.84 Å². The summed E-state index contributed by atoms with van der Waals surface area (Å²) in [5.74, 6) is 5.16. The summed E-state index contributed by atoms with van der Waals surface area (Å²) in [6, 6.07) is 7.56. The molecule has 1 rings (SSSR count). The largest absolute Gasteiger partial charge is 0.324 e. The van der Waals surface area contributed by atoms with Crippen molar-refractivity contribution in [2.45, 2.75) is 0 Å². The first-order valence-corrected chi connectivity index (χ1v) is 3.36. The molecule has 0 saturated heterocycles. The summed E-state index contributed by atoms with van der Waals surface area (Å²) in [5.41, 5.74) is 4.44. The maximum absolute atomic E-state index is 5.16. The van der Waals surface area contributed by atoms with Gasteiger partial charge in [0.1, 0.15) is 0 Å². The van der Waals surface area contributed by atoms with E-state index in [0.29, 0.717) is 0 Å². The molecule has 1 aromatic rings. The second kappa shape index (κ2) is 3.29. The van der Waals surface area contributed by atoms with Crippen LogP contribution in [-0.2, 0) is 0 Å². The van der Waals surface area contributed by atoms with Crippen LogP contribution in [0.5, 0.6) is 0 Å². The lowest BCUT2D eigenvalue weighted by atomic mass is 10.2. The van der Waals surface area contributed by atoms with Gasteiger partial charge in [0, 0.05) is 11.1 Å². The highest BCUT2D eigenvalue weighted by molar-refractivity contribution is 7.79. The van der Waals surface area contributed by atoms with Crippen molar-refractivity contribution in [1.82, 2.24) is 0 Å². The smallest absolute Gasteiger partial charge is 0.0485 e. The van der Waals surface area contributed by atoms with Crippen LogP contribution in [-0.4, -0.2) is 5.37 Å². The molecule has 0 unspecified atom stereocenters. The van der Waals surface area contributed by atoms with E-state index in [1.807, 2.05) is 24.3 Å². The van der Waals surface area contributed by atoms with Crippen LogP contribution in [0.3, 0.4) is 0 Å². The molecule has 0 aliphatic rings. The number of thiocarbonyl (C=S) groups is 1. The quantitative estimate of drug-likeness (QED) is 0.381. The number of anilines is 1. The summed E-state index contributed by atoms with van der Waals surface area (Å²) in [4.78, 5) is 0. The van der Waals surface area contributed by atoms with E-state index >= 15 is 0 Å². The van der Waals surface area contributed by atoms with Crippen LogP contribution in [0.4, 0.5) is 5.69 Å². The van der Waals surface area contributed by atoms with Crippen LogP contribution in [0, 0.1) is 0 Å². The first-order valence-electron chi connectivity index (χ1n) is 2.88. The van der Waals surface area contributed by atoms with Crippen molar-refractivity contribution in [3.8, 4) is 0 Å². The van der Waals surface area contributed by atoms with E-state index in [0.717, 1.165) is 11.3 Å². The Kier molecular flexibility index (Phi) is 2.36. The third kappa shape index (κ3) is 1.52. The van der Waals surface area contributed by atoms with Crippen LogP contribution >= 0.6 is 12.2 Å². The summed E-state index contributed by atoms with van der Waals surface area (Å²) < 4.78 is 0. The third-order valence-corrected chi connectivity index (χ3v) is 1.49. The maximum atomic E-state index is 5.16. The number of nitrogens with one attached hydrogen (secondary N) is 1. The molecule has 0 saturated carbocycles. The molecule has 3 N–H and O–H groups in total. The lowest BCUT2D eigenvalue weighted by molar-refractivity contribution is 1.35. The zero-order valence-electron chi connectivity index (χ0n) is 5.37. The van der Waals surface area contributed by atoms with Crippen LogP contribution < -0.4 is 11.3 Å². The zero-order chi connectivity index (χ0) is 7.40. The number of rotatable bonds is 2. The van der Waals surface area contributed by atoms with E-state index in [4.69, 9.17) is 18.1 Å². The standard InChI is InChI=1S/C7H8N2S/c8-9-7-3-1-6(5-10)2-4-7/h1-5,9H,8H2. The molecule has 2 nitrogen and oxygen atoms in total. The molecule has 10 heavy (non-hydrogen) atoms. The first kappa shape index (κ1) is 7.18. The Morgan fingerprint density at radius 3 is 2.30 bits per heavy atom. The molecule has 0 aromatic heterocycles. The van der Waals surface area contributed by atoms with E-state index in [-0.39, 0.29) is 0 Å². The van der Waals surface area contributed by atoms with E-state index in [1.165, 1.54) is 0 Å². The number of hydrogen-bond acceptors (Lipinski definition) is 3. The average Bonchev–Trinajstić information content (AvgIpc) is 2.05. The van der Waals surface area contributed by atoms with Crippen molar-refractivity contribution in [1.29, 1.82) is 0 Å². The van der Waals surface area contributed by atoms with E-state index < -0.39 is 0 Å². The number of nitrogen functional groups attached to an aromatic ring is 1. The average molecular weight is 152 g/mol. The van der Waals surface area contributed by atoms with Crippen molar-refractivity contribution >= 4 is 23.3 Å². The molecule has 0 atom stereocenters. The van der Waals surface area contributed by atoms with Crippen LogP contribution in [0.1, 0.15) is 5.56 Å². The molecular formula is C7H8N2S. The molecule has 52 valence electrons. The highest BCUT2D eigenvalue weighted by Gasteiger charge is 1.86. The number of hydrazine groups is 1. The summed E-state index contributed by atoms with van der Waals surface area (Å²) in [6.07, 6.45) is 0. The summed E-state index contributed by atoms with van der Waals surface area (Å²) >= 11 is 4.72.